The second kappa shape index (κ2) is 10.3. The minimum absolute atomic E-state index is 0.0623. The quantitative estimate of drug-likeness (QED) is 0.388. The van der Waals surface area contributed by atoms with Crippen LogP contribution in [0.3, 0.4) is 0 Å². The van der Waals surface area contributed by atoms with Crippen LogP contribution >= 0.6 is 22.9 Å². The Hall–Kier alpha value is -2.28. The molecular formula is C26H33ClN4OS. The van der Waals surface area contributed by atoms with Gasteiger partial charge in [-0.25, -0.2) is 4.79 Å². The molecule has 7 heteroatoms. The van der Waals surface area contributed by atoms with Gasteiger partial charge in [-0.05, 0) is 74.5 Å². The summed E-state index contributed by atoms with van der Waals surface area (Å²) in [6.45, 7) is 8.43. The van der Waals surface area contributed by atoms with Crippen molar-refractivity contribution < 1.29 is 4.79 Å². The molecule has 2 amide bonds. The number of amides is 2. The van der Waals surface area contributed by atoms with E-state index < -0.39 is 0 Å². The van der Waals surface area contributed by atoms with Gasteiger partial charge in [0.05, 0.1) is 6.04 Å². The highest BCUT2D eigenvalue weighted by molar-refractivity contribution is 7.15. The summed E-state index contributed by atoms with van der Waals surface area (Å²) in [5.41, 5.74) is 4.41. The fourth-order valence-corrected chi connectivity index (χ4v) is 6.02. The van der Waals surface area contributed by atoms with Gasteiger partial charge in [0, 0.05) is 46.6 Å². The summed E-state index contributed by atoms with van der Waals surface area (Å²) in [6.07, 6.45) is 7.14. The van der Waals surface area contributed by atoms with E-state index in [9.17, 15) is 4.79 Å². The van der Waals surface area contributed by atoms with Crippen molar-refractivity contribution in [3.05, 3.63) is 69.3 Å². The van der Waals surface area contributed by atoms with E-state index in [-0.39, 0.29) is 12.1 Å². The zero-order valence-corrected chi connectivity index (χ0v) is 21.4. The molecule has 0 saturated carbocycles. The van der Waals surface area contributed by atoms with E-state index in [0.29, 0.717) is 10.9 Å². The van der Waals surface area contributed by atoms with E-state index in [0.717, 1.165) is 43.6 Å². The predicted molar refractivity (Wildman–Crippen MR) is 139 cm³/mol. The first-order chi connectivity index (χ1) is 15.8. The molecule has 176 valence electrons. The second-order valence-corrected chi connectivity index (χ2v) is 10.9. The molecule has 0 radical (unpaired) electrons. The molecule has 0 unspecified atom stereocenters. The number of benzene rings is 1. The molecule has 1 aromatic carbocycles. The third-order valence-electron chi connectivity index (χ3n) is 6.24. The Morgan fingerprint density at radius 2 is 1.97 bits per heavy atom. The predicted octanol–water partition coefficient (Wildman–Crippen LogP) is 6.79. The number of anilines is 1. The van der Waals surface area contributed by atoms with Crippen molar-refractivity contribution in [1.29, 1.82) is 0 Å². The number of fused-ring (bicyclic) bond motifs is 1. The van der Waals surface area contributed by atoms with E-state index in [1.54, 1.807) is 6.07 Å². The number of hydrogen-bond acceptors (Lipinski definition) is 3. The fourth-order valence-electron chi connectivity index (χ4n) is 4.40. The lowest BCUT2D eigenvalue weighted by atomic mass is 9.92. The van der Waals surface area contributed by atoms with Crippen molar-refractivity contribution in [3.63, 3.8) is 0 Å². The van der Waals surface area contributed by atoms with Crippen LogP contribution in [0.4, 0.5) is 10.5 Å². The maximum absolute atomic E-state index is 13.2. The smallest absolute Gasteiger partial charge is 0.319 e. The van der Waals surface area contributed by atoms with Gasteiger partial charge in [0.15, 0.2) is 0 Å². The van der Waals surface area contributed by atoms with Gasteiger partial charge in [0.1, 0.15) is 5.00 Å². The first-order valence-corrected chi connectivity index (χ1v) is 12.8. The van der Waals surface area contributed by atoms with Crippen LogP contribution in [0.2, 0.25) is 5.02 Å². The number of nitrogens with zero attached hydrogens (tertiary/aromatic N) is 2. The van der Waals surface area contributed by atoms with Crippen LogP contribution in [0.1, 0.15) is 54.3 Å². The molecule has 4 rings (SSSR count). The summed E-state index contributed by atoms with van der Waals surface area (Å²) in [4.78, 5) is 16.9. The summed E-state index contributed by atoms with van der Waals surface area (Å²) in [5.74, 6) is 0.558. The fraction of sp³-hybridized carbons (Fsp3) is 0.423. The Morgan fingerprint density at radius 3 is 2.70 bits per heavy atom. The van der Waals surface area contributed by atoms with Gasteiger partial charge in [-0.3, -0.25) is 0 Å². The number of carbonyl (C=O) groups is 1. The standard InChI is InChI=1S/C26H33ClN4OS/c1-17(2)7-10-21(28-26(32)29-22-15-19(27)9-8-18(22)3)24-20-11-14-30(4)16-23(20)33-25(24)31-12-5-6-13-31/h5-6,8-9,12-13,15,17,21H,7,10-11,14,16H2,1-4H3,(H2,28,29,32)/t21-/m0/s1. The van der Waals surface area contributed by atoms with E-state index in [2.05, 4.69) is 65.5 Å². The van der Waals surface area contributed by atoms with Crippen molar-refractivity contribution in [3.8, 4) is 5.00 Å². The highest BCUT2D eigenvalue weighted by Gasteiger charge is 2.29. The number of nitrogens with one attached hydrogen (secondary N) is 2. The molecule has 1 aliphatic rings. The van der Waals surface area contributed by atoms with Gasteiger partial charge in [-0.15, -0.1) is 11.3 Å². The van der Waals surface area contributed by atoms with E-state index in [4.69, 9.17) is 11.6 Å². The molecule has 3 aromatic rings. The summed E-state index contributed by atoms with van der Waals surface area (Å²) < 4.78 is 2.20. The van der Waals surface area contributed by atoms with Crippen LogP contribution in [0.25, 0.3) is 5.00 Å². The van der Waals surface area contributed by atoms with Gasteiger partial charge in [-0.2, -0.15) is 0 Å². The lowest BCUT2D eigenvalue weighted by molar-refractivity contribution is 0.247. The molecular weight excluding hydrogens is 452 g/mol. The van der Waals surface area contributed by atoms with Crippen molar-refractivity contribution in [1.82, 2.24) is 14.8 Å². The number of likely N-dealkylation sites (N-methyl/N-ethyl adjacent to an activating group) is 1. The Morgan fingerprint density at radius 1 is 1.21 bits per heavy atom. The number of urea groups is 1. The van der Waals surface area contributed by atoms with E-state index in [1.165, 1.54) is 21.0 Å². The van der Waals surface area contributed by atoms with Crippen molar-refractivity contribution in [2.75, 3.05) is 18.9 Å². The average Bonchev–Trinajstić information content (AvgIpc) is 3.41. The topological polar surface area (TPSA) is 49.3 Å². The minimum atomic E-state index is -0.194. The van der Waals surface area contributed by atoms with Crippen LogP contribution in [0, 0.1) is 12.8 Å². The van der Waals surface area contributed by atoms with Gasteiger partial charge in [0.2, 0.25) is 0 Å². The molecule has 0 aliphatic carbocycles. The third kappa shape index (κ3) is 5.62. The summed E-state index contributed by atoms with van der Waals surface area (Å²) in [5, 5.41) is 8.17. The van der Waals surface area contributed by atoms with Gasteiger partial charge in [0.25, 0.3) is 0 Å². The van der Waals surface area contributed by atoms with Crippen LogP contribution in [0.5, 0.6) is 0 Å². The van der Waals surface area contributed by atoms with Crippen molar-refractivity contribution in [2.24, 2.45) is 5.92 Å². The van der Waals surface area contributed by atoms with Crippen molar-refractivity contribution in [2.45, 2.75) is 52.6 Å². The molecule has 5 nitrogen and oxygen atoms in total. The highest BCUT2D eigenvalue weighted by atomic mass is 35.5. The summed E-state index contributed by atoms with van der Waals surface area (Å²) in [6, 6.07) is 9.41. The number of hydrogen-bond donors (Lipinski definition) is 2. The molecule has 33 heavy (non-hydrogen) atoms. The largest absolute Gasteiger partial charge is 0.331 e. The molecule has 3 heterocycles. The normalized spacial score (nSPS) is 14.8. The molecule has 1 atom stereocenters. The molecule has 2 aromatic heterocycles. The SMILES string of the molecule is Cc1ccc(Cl)cc1NC(=O)N[C@@H](CCC(C)C)c1c(-n2cccc2)sc2c1CCN(C)C2. The van der Waals surface area contributed by atoms with Gasteiger partial charge < -0.3 is 20.1 Å². The van der Waals surface area contributed by atoms with Gasteiger partial charge in [-0.1, -0.05) is 31.5 Å². The highest BCUT2D eigenvalue weighted by Crippen LogP contribution is 2.40. The number of carbonyl (C=O) groups excluding carboxylic acids is 1. The second-order valence-electron chi connectivity index (χ2n) is 9.38. The van der Waals surface area contributed by atoms with Crippen LogP contribution in [0.15, 0.2) is 42.7 Å². The summed E-state index contributed by atoms with van der Waals surface area (Å²) >= 11 is 8.02. The number of halogens is 1. The van der Waals surface area contributed by atoms with Gasteiger partial charge >= 0.3 is 6.03 Å². The first-order valence-electron chi connectivity index (χ1n) is 11.6. The van der Waals surface area contributed by atoms with Crippen LogP contribution in [-0.2, 0) is 13.0 Å². The minimum Gasteiger partial charge on any atom is -0.331 e. The monoisotopic (exact) mass is 484 g/mol. The van der Waals surface area contributed by atoms with E-state index >= 15 is 0 Å². The van der Waals surface area contributed by atoms with Crippen molar-refractivity contribution >= 4 is 34.7 Å². The maximum atomic E-state index is 13.2. The molecule has 2 N–H and O–H groups in total. The number of aromatic nitrogens is 1. The Labute approximate surface area is 205 Å². The van der Waals surface area contributed by atoms with Crippen LogP contribution < -0.4 is 10.6 Å². The zero-order chi connectivity index (χ0) is 23.5. The Balaban J connectivity index is 1.68. The Bertz CT molecular complexity index is 1110. The number of thiophene rings is 1. The van der Waals surface area contributed by atoms with E-state index in [1.807, 2.05) is 30.4 Å². The lowest BCUT2D eigenvalue weighted by Gasteiger charge is -2.26. The molecule has 0 bridgehead atoms. The molecule has 0 fully saturated rings. The third-order valence-corrected chi connectivity index (χ3v) is 7.72. The number of aryl methyl sites for hydroxylation is 1. The maximum Gasteiger partial charge on any atom is 0.319 e. The Kier molecular flexibility index (Phi) is 7.47. The first kappa shape index (κ1) is 23.9. The molecule has 0 saturated heterocycles. The molecule has 0 spiro atoms. The number of rotatable bonds is 7. The lowest BCUT2D eigenvalue weighted by Crippen LogP contribution is -2.34. The molecule has 1 aliphatic heterocycles. The van der Waals surface area contributed by atoms with Crippen LogP contribution in [-0.4, -0.2) is 29.1 Å². The summed E-state index contributed by atoms with van der Waals surface area (Å²) in [7, 11) is 2.17. The average molecular weight is 485 g/mol. The zero-order valence-electron chi connectivity index (χ0n) is 19.8.